The molecule has 1 aliphatic heterocycles. The van der Waals surface area contributed by atoms with E-state index in [0.29, 0.717) is 11.3 Å². The van der Waals surface area contributed by atoms with Crippen molar-refractivity contribution in [3.8, 4) is 0 Å². The predicted octanol–water partition coefficient (Wildman–Crippen LogP) is 7.43. The first-order chi connectivity index (χ1) is 20.3. The Bertz CT molecular complexity index is 1540. The molecule has 5 rings (SSSR count). The van der Waals surface area contributed by atoms with Crippen molar-refractivity contribution < 1.29 is 27.9 Å². The molecule has 4 aromatic rings. The quantitative estimate of drug-likeness (QED) is 0.202. The van der Waals surface area contributed by atoms with E-state index >= 15 is 0 Å². The van der Waals surface area contributed by atoms with E-state index in [4.69, 9.17) is 4.74 Å². The molecule has 0 spiro atoms. The van der Waals surface area contributed by atoms with E-state index in [9.17, 15) is 23.2 Å². The van der Waals surface area contributed by atoms with Crippen LogP contribution in [0.15, 0.2) is 103 Å². The average Bonchev–Trinajstić information content (AvgIpc) is 3.40. The number of ketones is 1. The average molecular weight is 569 g/mol. The van der Waals surface area contributed by atoms with Gasteiger partial charge in [-0.2, -0.15) is 0 Å². The van der Waals surface area contributed by atoms with Crippen LogP contribution in [0, 0.1) is 24.5 Å². The van der Waals surface area contributed by atoms with Gasteiger partial charge in [0.05, 0.1) is 12.0 Å². The molecule has 1 N–H and O–H groups in total. The van der Waals surface area contributed by atoms with Crippen molar-refractivity contribution in [2.45, 2.75) is 31.8 Å². The van der Waals surface area contributed by atoms with Crippen LogP contribution in [0.2, 0.25) is 0 Å². The van der Waals surface area contributed by atoms with Crippen molar-refractivity contribution in [3.63, 3.8) is 0 Å². The van der Waals surface area contributed by atoms with Crippen LogP contribution >= 0.6 is 0 Å². The Morgan fingerprint density at radius 3 is 2.14 bits per heavy atom. The van der Waals surface area contributed by atoms with Crippen LogP contribution in [0.5, 0.6) is 0 Å². The number of nitrogens with one attached hydrogen (secondary N) is 1. The number of Topliss-reactive ketones (excluding diaryl/α,β-unsaturated/α-hetero) is 1. The summed E-state index contributed by atoms with van der Waals surface area (Å²) in [5.74, 6) is -2.53. The van der Waals surface area contributed by atoms with E-state index < -0.39 is 41.6 Å². The van der Waals surface area contributed by atoms with Crippen LogP contribution in [0.4, 0.5) is 19.3 Å². The molecule has 0 saturated carbocycles. The highest BCUT2D eigenvalue weighted by Crippen LogP contribution is 2.37. The number of rotatable bonds is 10. The first-order valence-corrected chi connectivity index (χ1v) is 13.7. The molecule has 6 nitrogen and oxygen atoms in total. The van der Waals surface area contributed by atoms with Crippen molar-refractivity contribution in [1.82, 2.24) is 4.90 Å². The number of carbonyl (C=O) groups excluding carboxylic acids is 3. The van der Waals surface area contributed by atoms with Crippen LogP contribution in [0.25, 0.3) is 0 Å². The van der Waals surface area contributed by atoms with Gasteiger partial charge in [0.15, 0.2) is 5.78 Å². The van der Waals surface area contributed by atoms with Gasteiger partial charge >= 0.3 is 6.09 Å². The van der Waals surface area contributed by atoms with E-state index in [1.807, 2.05) is 61.5 Å². The molecule has 8 heteroatoms. The molecule has 1 saturated heterocycles. The molecule has 0 radical (unpaired) electrons. The second-order valence-electron chi connectivity index (χ2n) is 10.3. The van der Waals surface area contributed by atoms with Gasteiger partial charge in [-0.05, 0) is 73.0 Å². The van der Waals surface area contributed by atoms with Crippen LogP contribution < -0.4 is 5.32 Å². The predicted molar refractivity (Wildman–Crippen MR) is 155 cm³/mol. The summed E-state index contributed by atoms with van der Waals surface area (Å²) in [7, 11) is 0. The van der Waals surface area contributed by atoms with Crippen molar-refractivity contribution in [2.24, 2.45) is 5.92 Å². The molecule has 4 aromatic carbocycles. The fraction of sp³-hybridized carbons (Fsp3) is 0.206. The van der Waals surface area contributed by atoms with Crippen molar-refractivity contribution in [1.29, 1.82) is 0 Å². The number of aryl methyl sites for hydroxylation is 1. The minimum Gasteiger partial charge on any atom is -0.446 e. The SMILES string of the molecule is Cc1ccc([C@@H](Nc2ccc(F)cc2)[C@@H](CCC(=O)c2ccc(F)cc2)C(=O)N2C(=O)OC[C@@H]2c2ccccc2)cc1. The number of halogens is 2. The summed E-state index contributed by atoms with van der Waals surface area (Å²) in [6, 6.07) is 26.4. The van der Waals surface area contributed by atoms with Gasteiger partial charge in [-0.1, -0.05) is 60.2 Å². The Hall–Kier alpha value is -4.85. The summed E-state index contributed by atoms with van der Waals surface area (Å²) in [4.78, 5) is 41.7. The first-order valence-electron chi connectivity index (χ1n) is 13.7. The Morgan fingerprint density at radius 1 is 0.881 bits per heavy atom. The Labute approximate surface area is 242 Å². The molecule has 0 bridgehead atoms. The third kappa shape index (κ3) is 6.54. The standard InChI is InChI=1S/C34H30F2N2O4/c1-22-7-9-25(10-8-22)32(37-28-17-15-27(36)16-18-28)29(19-20-31(39)24-11-13-26(35)14-12-24)33(40)38-30(21-42-34(38)41)23-5-3-2-4-6-23/h2-18,29-30,32,37H,19-21H2,1H3/t29-,30-,32-/m1/s1. The Kier molecular flexibility index (Phi) is 8.71. The lowest BCUT2D eigenvalue weighted by atomic mass is 9.85. The number of carbonyl (C=O) groups is 3. The van der Waals surface area contributed by atoms with Crippen molar-refractivity contribution in [2.75, 3.05) is 11.9 Å². The van der Waals surface area contributed by atoms with Crippen molar-refractivity contribution >= 4 is 23.5 Å². The lowest BCUT2D eigenvalue weighted by Gasteiger charge is -2.32. The van der Waals surface area contributed by atoms with Crippen LogP contribution in [0.3, 0.4) is 0 Å². The number of ether oxygens (including phenoxy) is 1. The molecule has 3 atom stereocenters. The molecule has 214 valence electrons. The third-order valence-corrected chi connectivity index (χ3v) is 7.47. The van der Waals surface area contributed by atoms with Gasteiger partial charge < -0.3 is 10.1 Å². The summed E-state index contributed by atoms with van der Waals surface area (Å²) in [5.41, 5.74) is 3.40. The molecular weight excluding hydrogens is 538 g/mol. The number of hydrogen-bond acceptors (Lipinski definition) is 5. The molecule has 1 fully saturated rings. The summed E-state index contributed by atoms with van der Waals surface area (Å²) >= 11 is 0. The number of anilines is 1. The number of benzene rings is 4. The number of cyclic esters (lactones) is 1. The van der Waals surface area contributed by atoms with Crippen LogP contribution in [0.1, 0.15) is 52.0 Å². The summed E-state index contributed by atoms with van der Waals surface area (Å²) in [5, 5.41) is 3.36. The fourth-order valence-corrected chi connectivity index (χ4v) is 5.18. The van der Waals surface area contributed by atoms with Gasteiger partial charge in [0.1, 0.15) is 24.3 Å². The highest BCUT2D eigenvalue weighted by molar-refractivity contribution is 5.98. The monoisotopic (exact) mass is 568 g/mol. The van der Waals surface area contributed by atoms with Gasteiger partial charge in [-0.15, -0.1) is 0 Å². The molecule has 1 heterocycles. The van der Waals surface area contributed by atoms with E-state index in [1.165, 1.54) is 36.4 Å². The zero-order valence-electron chi connectivity index (χ0n) is 23.0. The highest BCUT2D eigenvalue weighted by atomic mass is 19.1. The van der Waals surface area contributed by atoms with E-state index in [2.05, 4.69) is 5.32 Å². The minimum atomic E-state index is -0.904. The van der Waals surface area contributed by atoms with Gasteiger partial charge in [0, 0.05) is 17.7 Å². The van der Waals surface area contributed by atoms with Gasteiger partial charge in [-0.25, -0.2) is 18.5 Å². The summed E-state index contributed by atoms with van der Waals surface area (Å²) in [6.45, 7) is 1.96. The number of imide groups is 1. The van der Waals surface area contributed by atoms with Gasteiger partial charge in [-0.3, -0.25) is 9.59 Å². The third-order valence-electron chi connectivity index (χ3n) is 7.47. The lowest BCUT2D eigenvalue weighted by Crippen LogP contribution is -2.42. The molecule has 1 aliphatic rings. The molecule has 2 amide bonds. The molecule has 42 heavy (non-hydrogen) atoms. The lowest BCUT2D eigenvalue weighted by molar-refractivity contribution is -0.134. The minimum absolute atomic E-state index is 0.0103. The van der Waals surface area contributed by atoms with Gasteiger partial charge in [0.25, 0.3) is 0 Å². The zero-order chi connectivity index (χ0) is 29.6. The first kappa shape index (κ1) is 28.7. The number of hydrogen-bond donors (Lipinski definition) is 1. The highest BCUT2D eigenvalue weighted by Gasteiger charge is 2.44. The summed E-state index contributed by atoms with van der Waals surface area (Å²) in [6.07, 6.45) is -0.713. The van der Waals surface area contributed by atoms with E-state index in [1.54, 1.807) is 12.1 Å². The number of amides is 2. The topological polar surface area (TPSA) is 75.7 Å². The maximum Gasteiger partial charge on any atom is 0.417 e. The molecule has 0 aliphatic carbocycles. The fourth-order valence-electron chi connectivity index (χ4n) is 5.18. The zero-order valence-corrected chi connectivity index (χ0v) is 23.0. The Morgan fingerprint density at radius 2 is 1.50 bits per heavy atom. The second kappa shape index (κ2) is 12.8. The van der Waals surface area contributed by atoms with Crippen LogP contribution in [-0.4, -0.2) is 29.3 Å². The van der Waals surface area contributed by atoms with E-state index in [-0.39, 0.29) is 25.2 Å². The molecular formula is C34H30F2N2O4. The molecule has 0 unspecified atom stereocenters. The largest absolute Gasteiger partial charge is 0.446 e. The Balaban J connectivity index is 1.53. The van der Waals surface area contributed by atoms with Crippen molar-refractivity contribution in [3.05, 3.63) is 137 Å². The summed E-state index contributed by atoms with van der Waals surface area (Å²) < 4.78 is 32.5. The van der Waals surface area contributed by atoms with Gasteiger partial charge in [0.2, 0.25) is 5.91 Å². The second-order valence-corrected chi connectivity index (χ2v) is 10.3. The maximum absolute atomic E-state index is 14.4. The molecule has 0 aromatic heterocycles. The van der Waals surface area contributed by atoms with Crippen LogP contribution in [-0.2, 0) is 9.53 Å². The smallest absolute Gasteiger partial charge is 0.417 e. The van der Waals surface area contributed by atoms with E-state index in [0.717, 1.165) is 21.6 Å². The number of nitrogens with zero attached hydrogens (tertiary/aromatic N) is 1. The normalized spacial score (nSPS) is 16.0. The maximum atomic E-state index is 14.4.